The fraction of sp³-hybridized carbons (Fsp3) is 0.636. The first kappa shape index (κ1) is 25.5. The Morgan fingerprint density at radius 3 is 2.55 bits per heavy atom. The van der Waals surface area contributed by atoms with Crippen LogP contribution in [0.3, 0.4) is 0 Å². The van der Waals surface area contributed by atoms with Crippen molar-refractivity contribution in [2.75, 3.05) is 26.2 Å². The topological polar surface area (TPSA) is 66.0 Å². The summed E-state index contributed by atoms with van der Waals surface area (Å²) in [6, 6.07) is 8.41. The molecule has 0 saturated carbocycles. The standard InChI is InChI=1S/C22H36N4O2.HI/c1-6-23-22(24-15-18(5)28-20-9-7-8-17(4)14-20)25-19-10-12-26(13-11-19)21(27)16(2)3;/h7-9,14,16,18-19H,6,10-13,15H2,1-5H3,(H2,23,24,25);1H. The molecule has 1 aliphatic heterocycles. The molecule has 164 valence electrons. The summed E-state index contributed by atoms with van der Waals surface area (Å²) >= 11 is 0. The molecule has 6 nitrogen and oxygen atoms in total. The summed E-state index contributed by atoms with van der Waals surface area (Å²) in [5, 5.41) is 6.83. The third-order valence-electron chi connectivity index (χ3n) is 4.82. The van der Waals surface area contributed by atoms with E-state index in [1.54, 1.807) is 0 Å². The normalized spacial score (nSPS) is 16.2. The van der Waals surface area contributed by atoms with Crippen molar-refractivity contribution in [3.63, 3.8) is 0 Å². The Morgan fingerprint density at radius 1 is 1.28 bits per heavy atom. The van der Waals surface area contributed by atoms with Crippen LogP contribution in [0.1, 0.15) is 46.1 Å². The van der Waals surface area contributed by atoms with E-state index in [1.807, 2.05) is 43.9 Å². The molecule has 0 bridgehead atoms. The lowest BCUT2D eigenvalue weighted by molar-refractivity contribution is -0.135. The number of amides is 1. The fourth-order valence-electron chi connectivity index (χ4n) is 3.30. The lowest BCUT2D eigenvalue weighted by Gasteiger charge is -2.34. The molecule has 29 heavy (non-hydrogen) atoms. The quantitative estimate of drug-likeness (QED) is 0.331. The summed E-state index contributed by atoms with van der Waals surface area (Å²) < 4.78 is 5.97. The van der Waals surface area contributed by atoms with Crippen LogP contribution in [0.15, 0.2) is 29.3 Å². The Bertz CT molecular complexity index is 658. The van der Waals surface area contributed by atoms with Crippen molar-refractivity contribution in [1.82, 2.24) is 15.5 Å². The second kappa shape index (κ2) is 12.9. The zero-order chi connectivity index (χ0) is 20.5. The molecule has 1 fully saturated rings. The van der Waals surface area contributed by atoms with Gasteiger partial charge < -0.3 is 20.3 Å². The number of likely N-dealkylation sites (tertiary alicyclic amines) is 1. The first-order valence-electron chi connectivity index (χ1n) is 10.5. The number of guanidine groups is 1. The van der Waals surface area contributed by atoms with Crippen LogP contribution in [-0.4, -0.2) is 55.1 Å². The third kappa shape index (κ3) is 8.80. The Balaban J connectivity index is 0.00000420. The fourth-order valence-corrected chi connectivity index (χ4v) is 3.30. The summed E-state index contributed by atoms with van der Waals surface area (Å²) in [4.78, 5) is 18.8. The lowest BCUT2D eigenvalue weighted by Crippen LogP contribution is -2.50. The maximum atomic E-state index is 12.1. The SMILES string of the molecule is CCNC(=NCC(C)Oc1cccc(C)c1)NC1CCN(C(=O)C(C)C)CC1.I. The minimum atomic E-state index is -0.0113. The van der Waals surface area contributed by atoms with Gasteiger partial charge in [-0.15, -0.1) is 24.0 Å². The molecule has 1 atom stereocenters. The molecule has 7 heteroatoms. The Labute approximate surface area is 192 Å². The highest BCUT2D eigenvalue weighted by atomic mass is 127. The molecule has 1 heterocycles. The largest absolute Gasteiger partial charge is 0.489 e. The number of benzene rings is 1. The van der Waals surface area contributed by atoms with Gasteiger partial charge in [-0.05, 0) is 51.3 Å². The first-order chi connectivity index (χ1) is 13.4. The van der Waals surface area contributed by atoms with Gasteiger partial charge in [0.25, 0.3) is 0 Å². The van der Waals surface area contributed by atoms with Crippen LogP contribution in [0.5, 0.6) is 5.75 Å². The lowest BCUT2D eigenvalue weighted by atomic mass is 10.0. The molecular weight excluding hydrogens is 479 g/mol. The Morgan fingerprint density at radius 2 is 1.97 bits per heavy atom. The van der Waals surface area contributed by atoms with Crippen molar-refractivity contribution in [3.05, 3.63) is 29.8 Å². The average molecular weight is 516 g/mol. The van der Waals surface area contributed by atoms with Crippen molar-refractivity contribution in [1.29, 1.82) is 0 Å². The minimum Gasteiger partial charge on any atom is -0.489 e. The maximum absolute atomic E-state index is 12.1. The van der Waals surface area contributed by atoms with E-state index in [0.717, 1.165) is 44.2 Å². The molecule has 1 amide bonds. The predicted molar refractivity (Wildman–Crippen MR) is 130 cm³/mol. The van der Waals surface area contributed by atoms with E-state index < -0.39 is 0 Å². The van der Waals surface area contributed by atoms with Gasteiger partial charge in [-0.25, -0.2) is 4.99 Å². The number of aryl methyl sites for hydroxylation is 1. The van der Waals surface area contributed by atoms with Gasteiger partial charge in [0.2, 0.25) is 5.91 Å². The van der Waals surface area contributed by atoms with Crippen LogP contribution in [0, 0.1) is 12.8 Å². The number of hydrogen-bond donors (Lipinski definition) is 2. The maximum Gasteiger partial charge on any atom is 0.225 e. The number of nitrogens with one attached hydrogen (secondary N) is 2. The van der Waals surface area contributed by atoms with Crippen LogP contribution in [0.25, 0.3) is 0 Å². The van der Waals surface area contributed by atoms with Gasteiger partial charge in [-0.1, -0.05) is 26.0 Å². The van der Waals surface area contributed by atoms with Crippen molar-refractivity contribution in [2.24, 2.45) is 10.9 Å². The molecule has 1 aromatic carbocycles. The van der Waals surface area contributed by atoms with Crippen molar-refractivity contribution >= 4 is 35.8 Å². The van der Waals surface area contributed by atoms with Crippen molar-refractivity contribution < 1.29 is 9.53 Å². The van der Waals surface area contributed by atoms with Gasteiger partial charge in [0.1, 0.15) is 11.9 Å². The number of aliphatic imine (C=N–C) groups is 1. The van der Waals surface area contributed by atoms with Crippen LogP contribution in [0.2, 0.25) is 0 Å². The molecule has 1 aromatic rings. The molecule has 0 aliphatic carbocycles. The number of carbonyl (C=O) groups is 1. The molecule has 0 radical (unpaired) electrons. The zero-order valence-electron chi connectivity index (χ0n) is 18.4. The van der Waals surface area contributed by atoms with Crippen LogP contribution in [-0.2, 0) is 4.79 Å². The van der Waals surface area contributed by atoms with E-state index in [0.29, 0.717) is 12.6 Å². The minimum absolute atomic E-state index is 0. The van der Waals surface area contributed by atoms with E-state index in [4.69, 9.17) is 9.73 Å². The van der Waals surface area contributed by atoms with Gasteiger partial charge in [0.05, 0.1) is 6.54 Å². The molecule has 1 unspecified atom stereocenters. The zero-order valence-corrected chi connectivity index (χ0v) is 20.7. The second-order valence-electron chi connectivity index (χ2n) is 7.86. The molecule has 0 aromatic heterocycles. The van der Waals surface area contributed by atoms with Gasteiger partial charge in [-0.3, -0.25) is 4.79 Å². The number of piperidine rings is 1. The molecular formula is C22H37IN4O2. The van der Waals surface area contributed by atoms with Crippen molar-refractivity contribution in [3.8, 4) is 5.75 Å². The number of halogens is 1. The summed E-state index contributed by atoms with van der Waals surface area (Å²) in [6.45, 7) is 13.1. The van der Waals surface area contributed by atoms with E-state index in [9.17, 15) is 4.79 Å². The van der Waals surface area contributed by atoms with E-state index in [-0.39, 0.29) is 41.9 Å². The van der Waals surface area contributed by atoms with Gasteiger partial charge in [0, 0.05) is 31.6 Å². The first-order valence-corrected chi connectivity index (χ1v) is 10.5. The Hall–Kier alpha value is -1.51. The van der Waals surface area contributed by atoms with E-state index >= 15 is 0 Å². The molecule has 1 saturated heterocycles. The number of carbonyl (C=O) groups excluding carboxylic acids is 1. The van der Waals surface area contributed by atoms with E-state index in [2.05, 4.69) is 30.5 Å². The van der Waals surface area contributed by atoms with Gasteiger partial charge in [-0.2, -0.15) is 0 Å². The molecule has 2 N–H and O–H groups in total. The van der Waals surface area contributed by atoms with Crippen LogP contribution >= 0.6 is 24.0 Å². The number of ether oxygens (including phenoxy) is 1. The third-order valence-corrected chi connectivity index (χ3v) is 4.82. The molecule has 2 rings (SSSR count). The van der Waals surface area contributed by atoms with Crippen LogP contribution in [0.4, 0.5) is 0 Å². The second-order valence-corrected chi connectivity index (χ2v) is 7.86. The Kier molecular flexibility index (Phi) is 11.4. The number of nitrogens with zero attached hydrogens (tertiary/aromatic N) is 2. The highest BCUT2D eigenvalue weighted by Crippen LogP contribution is 2.15. The van der Waals surface area contributed by atoms with Crippen LogP contribution < -0.4 is 15.4 Å². The predicted octanol–water partition coefficient (Wildman–Crippen LogP) is 3.58. The van der Waals surface area contributed by atoms with Gasteiger partial charge in [0.15, 0.2) is 5.96 Å². The summed E-state index contributed by atoms with van der Waals surface area (Å²) in [6.07, 6.45) is 1.87. The number of rotatable bonds is 7. The summed E-state index contributed by atoms with van der Waals surface area (Å²) in [5.41, 5.74) is 1.19. The van der Waals surface area contributed by atoms with Crippen molar-refractivity contribution in [2.45, 2.75) is 59.6 Å². The van der Waals surface area contributed by atoms with Gasteiger partial charge >= 0.3 is 0 Å². The smallest absolute Gasteiger partial charge is 0.225 e. The number of hydrogen-bond acceptors (Lipinski definition) is 3. The van der Waals surface area contributed by atoms with E-state index in [1.165, 1.54) is 5.56 Å². The monoisotopic (exact) mass is 516 g/mol. The molecule has 0 spiro atoms. The summed E-state index contributed by atoms with van der Waals surface area (Å²) in [5.74, 6) is 2.01. The highest BCUT2D eigenvalue weighted by molar-refractivity contribution is 14.0. The highest BCUT2D eigenvalue weighted by Gasteiger charge is 2.24. The summed E-state index contributed by atoms with van der Waals surface area (Å²) in [7, 11) is 0. The average Bonchev–Trinajstić information content (AvgIpc) is 2.66. The molecule has 1 aliphatic rings.